The van der Waals surface area contributed by atoms with Gasteiger partial charge in [-0.15, -0.1) is 0 Å². The molecule has 0 fully saturated rings. The van der Waals surface area contributed by atoms with Gasteiger partial charge in [0.2, 0.25) is 5.91 Å². The fourth-order valence-electron chi connectivity index (χ4n) is 2.07. The van der Waals surface area contributed by atoms with Crippen molar-refractivity contribution in [3.05, 3.63) is 57.8 Å². The van der Waals surface area contributed by atoms with Crippen molar-refractivity contribution in [1.82, 2.24) is 5.32 Å². The summed E-state index contributed by atoms with van der Waals surface area (Å²) < 4.78 is 5.41. The predicted molar refractivity (Wildman–Crippen MR) is 82.0 cm³/mol. The van der Waals surface area contributed by atoms with Crippen molar-refractivity contribution in [2.45, 2.75) is 19.4 Å². The average Bonchev–Trinajstić information content (AvgIpc) is 2.93. The Bertz CT molecular complexity index is 551. The van der Waals surface area contributed by atoms with Crippen molar-refractivity contribution in [2.24, 2.45) is 0 Å². The first-order valence-corrected chi connectivity index (χ1v) is 7.50. The van der Waals surface area contributed by atoms with Crippen molar-refractivity contribution < 1.29 is 9.53 Å². The number of nitrogens with one attached hydrogen (secondary N) is 1. The van der Waals surface area contributed by atoms with Crippen LogP contribution in [0.5, 0.6) is 0 Å². The summed E-state index contributed by atoms with van der Waals surface area (Å²) >= 11 is 1.63. The minimum Gasteiger partial charge on any atom is -0.375 e. The molecule has 1 unspecified atom stereocenters. The maximum absolute atomic E-state index is 11.9. The van der Waals surface area contributed by atoms with Gasteiger partial charge in [-0.1, -0.05) is 29.8 Å². The highest BCUT2D eigenvalue weighted by Gasteiger charge is 2.12. The van der Waals surface area contributed by atoms with Crippen LogP contribution < -0.4 is 5.32 Å². The summed E-state index contributed by atoms with van der Waals surface area (Å²) in [4.78, 5) is 11.9. The van der Waals surface area contributed by atoms with E-state index in [4.69, 9.17) is 4.74 Å². The van der Waals surface area contributed by atoms with Gasteiger partial charge in [-0.3, -0.25) is 4.79 Å². The van der Waals surface area contributed by atoms with E-state index in [1.807, 2.05) is 48.0 Å². The molecule has 4 heteroatoms. The zero-order valence-corrected chi connectivity index (χ0v) is 12.6. The van der Waals surface area contributed by atoms with E-state index in [2.05, 4.69) is 5.32 Å². The number of hydrogen-bond donors (Lipinski definition) is 1. The fourth-order valence-corrected chi connectivity index (χ4v) is 2.77. The van der Waals surface area contributed by atoms with Crippen LogP contribution in [-0.2, 0) is 16.0 Å². The third kappa shape index (κ3) is 4.18. The summed E-state index contributed by atoms with van der Waals surface area (Å²) in [5.41, 5.74) is 3.31. The van der Waals surface area contributed by atoms with Gasteiger partial charge in [0.1, 0.15) is 6.10 Å². The Morgan fingerprint density at radius 3 is 2.90 bits per heavy atom. The van der Waals surface area contributed by atoms with Gasteiger partial charge in [0.05, 0.1) is 6.42 Å². The molecule has 1 N–H and O–H groups in total. The molecule has 0 radical (unpaired) electrons. The Balaban J connectivity index is 1.85. The number of carbonyl (C=O) groups excluding carboxylic acids is 1. The molecule has 0 aliphatic carbocycles. The average molecular weight is 289 g/mol. The summed E-state index contributed by atoms with van der Waals surface area (Å²) in [7, 11) is 1.66. The maximum atomic E-state index is 11.9. The quantitative estimate of drug-likeness (QED) is 0.887. The van der Waals surface area contributed by atoms with Crippen LogP contribution in [0.1, 0.15) is 22.8 Å². The smallest absolute Gasteiger partial charge is 0.224 e. The minimum atomic E-state index is -0.0808. The minimum absolute atomic E-state index is 0.0212. The van der Waals surface area contributed by atoms with Crippen molar-refractivity contribution in [3.8, 4) is 0 Å². The van der Waals surface area contributed by atoms with E-state index in [0.717, 1.165) is 11.1 Å². The highest BCUT2D eigenvalue weighted by molar-refractivity contribution is 7.07. The maximum Gasteiger partial charge on any atom is 0.224 e. The van der Waals surface area contributed by atoms with E-state index in [1.165, 1.54) is 5.56 Å². The van der Waals surface area contributed by atoms with E-state index in [0.29, 0.717) is 13.0 Å². The highest BCUT2D eigenvalue weighted by Crippen LogP contribution is 2.18. The third-order valence-corrected chi connectivity index (χ3v) is 3.83. The van der Waals surface area contributed by atoms with Crippen molar-refractivity contribution >= 4 is 17.2 Å². The van der Waals surface area contributed by atoms with Gasteiger partial charge < -0.3 is 10.1 Å². The summed E-state index contributed by atoms with van der Waals surface area (Å²) in [5, 5.41) is 6.98. The van der Waals surface area contributed by atoms with Crippen LogP contribution in [0.15, 0.2) is 41.1 Å². The molecule has 2 aromatic rings. The molecule has 0 aliphatic heterocycles. The molecule has 0 saturated carbocycles. The largest absolute Gasteiger partial charge is 0.375 e. The second-order valence-electron chi connectivity index (χ2n) is 4.75. The zero-order chi connectivity index (χ0) is 14.4. The van der Waals surface area contributed by atoms with Crippen LogP contribution in [0.25, 0.3) is 0 Å². The first kappa shape index (κ1) is 14.8. The van der Waals surface area contributed by atoms with Crippen molar-refractivity contribution in [3.63, 3.8) is 0 Å². The zero-order valence-electron chi connectivity index (χ0n) is 11.8. The van der Waals surface area contributed by atoms with Crippen molar-refractivity contribution in [1.29, 1.82) is 0 Å². The lowest BCUT2D eigenvalue weighted by molar-refractivity contribution is -0.121. The molecule has 106 valence electrons. The number of methoxy groups -OCH3 is 1. The van der Waals surface area contributed by atoms with E-state index in [1.54, 1.807) is 18.4 Å². The topological polar surface area (TPSA) is 38.3 Å². The van der Waals surface area contributed by atoms with Crippen LogP contribution in [0.2, 0.25) is 0 Å². The summed E-state index contributed by atoms with van der Waals surface area (Å²) in [6.45, 7) is 2.52. The molecule has 3 nitrogen and oxygen atoms in total. The molecule has 1 aromatic heterocycles. The fraction of sp³-hybridized carbons (Fsp3) is 0.312. The van der Waals surface area contributed by atoms with Gasteiger partial charge in [0.25, 0.3) is 0 Å². The molecular weight excluding hydrogens is 270 g/mol. The number of aryl methyl sites for hydroxylation is 1. The van der Waals surface area contributed by atoms with Crippen LogP contribution in [0.4, 0.5) is 0 Å². The Hall–Kier alpha value is -1.65. The monoisotopic (exact) mass is 289 g/mol. The summed E-state index contributed by atoms with van der Waals surface area (Å²) in [6, 6.07) is 10.0. The van der Waals surface area contributed by atoms with Gasteiger partial charge in [-0.05, 0) is 34.9 Å². The Morgan fingerprint density at radius 1 is 1.40 bits per heavy atom. The van der Waals surface area contributed by atoms with E-state index < -0.39 is 0 Å². The molecule has 0 spiro atoms. The second kappa shape index (κ2) is 7.22. The first-order valence-electron chi connectivity index (χ1n) is 6.56. The Kier molecular flexibility index (Phi) is 5.32. The lowest BCUT2D eigenvalue weighted by Crippen LogP contribution is -2.30. The van der Waals surface area contributed by atoms with Gasteiger partial charge >= 0.3 is 0 Å². The van der Waals surface area contributed by atoms with Gasteiger partial charge in [0.15, 0.2) is 0 Å². The van der Waals surface area contributed by atoms with E-state index >= 15 is 0 Å². The van der Waals surface area contributed by atoms with Crippen LogP contribution in [0.3, 0.4) is 0 Å². The van der Waals surface area contributed by atoms with Crippen LogP contribution >= 0.6 is 11.3 Å². The molecule has 1 atom stereocenters. The molecule has 1 heterocycles. The van der Waals surface area contributed by atoms with E-state index in [-0.39, 0.29) is 12.0 Å². The third-order valence-electron chi connectivity index (χ3n) is 3.13. The first-order chi connectivity index (χ1) is 9.69. The second-order valence-corrected chi connectivity index (χ2v) is 5.53. The normalized spacial score (nSPS) is 12.1. The van der Waals surface area contributed by atoms with E-state index in [9.17, 15) is 4.79 Å². The summed E-state index contributed by atoms with van der Waals surface area (Å²) in [5.74, 6) is 0.0212. The number of carbonyl (C=O) groups is 1. The number of ether oxygens (including phenoxy) is 1. The Labute approximate surface area is 123 Å². The Morgan fingerprint density at radius 2 is 2.25 bits per heavy atom. The number of thiophene rings is 1. The molecule has 0 saturated heterocycles. The lowest BCUT2D eigenvalue weighted by Gasteiger charge is -2.15. The SMILES string of the molecule is COC(CNC(=O)Cc1cccc(C)c1)c1ccsc1. The number of benzene rings is 1. The van der Waals surface area contributed by atoms with Gasteiger partial charge in [-0.2, -0.15) is 11.3 Å². The summed E-state index contributed by atoms with van der Waals surface area (Å²) in [6.07, 6.45) is 0.324. The number of amides is 1. The molecular formula is C16H19NO2S. The van der Waals surface area contributed by atoms with Crippen LogP contribution in [-0.4, -0.2) is 19.6 Å². The molecule has 1 aromatic carbocycles. The number of rotatable bonds is 6. The number of hydrogen-bond acceptors (Lipinski definition) is 3. The standard InChI is InChI=1S/C16H19NO2S/c1-12-4-3-5-13(8-12)9-16(18)17-10-15(19-2)14-6-7-20-11-14/h3-8,11,15H,9-10H2,1-2H3,(H,17,18). The molecule has 2 rings (SSSR count). The van der Waals surface area contributed by atoms with Crippen LogP contribution in [0, 0.1) is 6.92 Å². The lowest BCUT2D eigenvalue weighted by atomic mass is 10.1. The molecule has 0 bridgehead atoms. The molecule has 20 heavy (non-hydrogen) atoms. The van der Waals surface area contributed by atoms with Gasteiger partial charge in [0, 0.05) is 13.7 Å². The van der Waals surface area contributed by atoms with Gasteiger partial charge in [-0.25, -0.2) is 0 Å². The predicted octanol–water partition coefficient (Wildman–Crippen LogP) is 3.10. The highest BCUT2D eigenvalue weighted by atomic mass is 32.1. The molecule has 1 amide bonds. The van der Waals surface area contributed by atoms with Crippen molar-refractivity contribution in [2.75, 3.05) is 13.7 Å². The molecule has 0 aliphatic rings.